The van der Waals surface area contributed by atoms with Gasteiger partial charge in [-0.05, 0) is 6.07 Å². The molecule has 3 heterocycles. The number of alkyl halides is 1. The molecule has 0 aliphatic carbocycles. The molecule has 124 valence electrons. The van der Waals surface area contributed by atoms with E-state index in [4.69, 9.17) is 10.5 Å². The summed E-state index contributed by atoms with van der Waals surface area (Å²) in [6.07, 6.45) is -1.98. The number of halogens is 1. The summed E-state index contributed by atoms with van der Waals surface area (Å²) in [4.78, 5) is 15.3. The number of aromatic carboxylic acids is 1. The van der Waals surface area contributed by atoms with Crippen LogP contribution >= 0.6 is 0 Å². The van der Waals surface area contributed by atoms with Crippen LogP contribution in [0, 0.1) is 5.41 Å². The maximum atomic E-state index is 14.5. The van der Waals surface area contributed by atoms with Crippen molar-refractivity contribution in [3.05, 3.63) is 23.7 Å². The number of nitrogen functional groups attached to an aromatic ring is 1. The fourth-order valence-corrected chi connectivity index (χ4v) is 3.07. The Morgan fingerprint density at radius 1 is 1.57 bits per heavy atom. The van der Waals surface area contributed by atoms with Gasteiger partial charge in [-0.1, -0.05) is 13.8 Å². The van der Waals surface area contributed by atoms with Gasteiger partial charge in [-0.2, -0.15) is 5.10 Å². The molecule has 4 N–H and O–H groups in total. The lowest BCUT2D eigenvalue weighted by Gasteiger charge is -2.26. The number of hydrogen-bond acceptors (Lipinski definition) is 6. The zero-order chi connectivity index (χ0) is 16.9. The molecule has 1 aliphatic heterocycles. The molecule has 0 saturated carbocycles. The van der Waals surface area contributed by atoms with E-state index in [0.29, 0.717) is 5.69 Å². The molecule has 9 heteroatoms. The fraction of sp³-hybridized carbons (Fsp3) is 0.500. The molecule has 1 aliphatic rings. The summed E-state index contributed by atoms with van der Waals surface area (Å²) in [5, 5.41) is 22.7. The van der Waals surface area contributed by atoms with Crippen molar-refractivity contribution >= 4 is 17.3 Å². The predicted octanol–water partition coefficient (Wildman–Crippen LogP) is 0.806. The van der Waals surface area contributed by atoms with E-state index in [2.05, 4.69) is 10.1 Å². The molecule has 0 spiro atoms. The minimum Gasteiger partial charge on any atom is -0.478 e. The normalized spacial score (nSPS) is 26.7. The van der Waals surface area contributed by atoms with Crippen molar-refractivity contribution in [2.75, 3.05) is 12.3 Å². The van der Waals surface area contributed by atoms with Crippen LogP contribution in [0.4, 0.5) is 10.2 Å². The topological polar surface area (TPSA) is 123 Å². The Labute approximate surface area is 130 Å². The van der Waals surface area contributed by atoms with Crippen LogP contribution in [0.1, 0.15) is 36.0 Å². The third-order valence-corrected chi connectivity index (χ3v) is 4.31. The van der Waals surface area contributed by atoms with Crippen molar-refractivity contribution < 1.29 is 24.1 Å². The molecule has 2 aromatic heterocycles. The quantitative estimate of drug-likeness (QED) is 0.763. The molecule has 3 rings (SSSR count). The van der Waals surface area contributed by atoms with Gasteiger partial charge in [0.05, 0.1) is 17.9 Å². The maximum absolute atomic E-state index is 14.5. The zero-order valence-corrected chi connectivity index (χ0v) is 12.6. The molecule has 0 amide bonds. The van der Waals surface area contributed by atoms with Crippen LogP contribution < -0.4 is 5.73 Å². The first-order valence-electron chi connectivity index (χ1n) is 7.04. The van der Waals surface area contributed by atoms with Gasteiger partial charge in [0.25, 0.3) is 0 Å². The molecule has 2 aromatic rings. The number of ether oxygens (including phenoxy) is 1. The average Bonchev–Trinajstić information content (AvgIpc) is 2.97. The van der Waals surface area contributed by atoms with Gasteiger partial charge in [-0.15, -0.1) is 0 Å². The highest BCUT2D eigenvalue weighted by Crippen LogP contribution is 2.49. The Kier molecular flexibility index (Phi) is 3.49. The van der Waals surface area contributed by atoms with E-state index in [1.54, 1.807) is 13.8 Å². The third kappa shape index (κ3) is 2.15. The highest BCUT2D eigenvalue weighted by atomic mass is 19.1. The Morgan fingerprint density at radius 2 is 2.26 bits per heavy atom. The Hall–Kier alpha value is -2.26. The number of aliphatic hydroxyl groups excluding tert-OH is 1. The van der Waals surface area contributed by atoms with Crippen LogP contribution in [0.15, 0.2) is 12.4 Å². The van der Waals surface area contributed by atoms with Gasteiger partial charge in [-0.3, -0.25) is 0 Å². The number of rotatable bonds is 3. The number of nitrogens with zero attached hydrogens (tertiary/aromatic N) is 3. The van der Waals surface area contributed by atoms with Crippen LogP contribution in [0.5, 0.6) is 0 Å². The van der Waals surface area contributed by atoms with Crippen molar-refractivity contribution in [3.8, 4) is 0 Å². The third-order valence-electron chi connectivity index (χ3n) is 4.31. The zero-order valence-electron chi connectivity index (χ0n) is 12.6. The summed E-state index contributed by atoms with van der Waals surface area (Å²) in [5.41, 5.74) is 5.20. The summed E-state index contributed by atoms with van der Waals surface area (Å²) < 4.78 is 21.4. The molecule has 0 aromatic carbocycles. The first-order chi connectivity index (χ1) is 10.8. The Morgan fingerprint density at radius 3 is 2.83 bits per heavy atom. The lowest BCUT2D eigenvalue weighted by Crippen LogP contribution is -2.31. The summed E-state index contributed by atoms with van der Waals surface area (Å²) in [6.45, 7) is 2.85. The monoisotopic (exact) mass is 324 g/mol. The first-order valence-corrected chi connectivity index (χ1v) is 7.04. The molecule has 23 heavy (non-hydrogen) atoms. The second kappa shape index (κ2) is 5.14. The molecule has 3 atom stereocenters. The van der Waals surface area contributed by atoms with E-state index in [1.165, 1.54) is 16.9 Å². The highest BCUT2D eigenvalue weighted by molar-refractivity contribution is 5.99. The Balaban J connectivity index is 2.21. The van der Waals surface area contributed by atoms with Gasteiger partial charge in [0.1, 0.15) is 30.2 Å². The number of aliphatic hydroxyl groups is 1. The fourth-order valence-electron chi connectivity index (χ4n) is 3.07. The molecule has 0 radical (unpaired) electrons. The van der Waals surface area contributed by atoms with Crippen LogP contribution in [0.3, 0.4) is 0 Å². The summed E-state index contributed by atoms with van der Waals surface area (Å²) >= 11 is 0. The van der Waals surface area contributed by atoms with Crippen LogP contribution in [0.25, 0.3) is 5.52 Å². The number of carbonyl (C=O) groups is 1. The number of hydrogen-bond donors (Lipinski definition) is 3. The van der Waals surface area contributed by atoms with Crippen LogP contribution in [0.2, 0.25) is 0 Å². The van der Waals surface area contributed by atoms with E-state index in [9.17, 15) is 19.4 Å². The van der Waals surface area contributed by atoms with Gasteiger partial charge in [0, 0.05) is 5.41 Å². The number of carboxylic acids is 1. The Bertz CT molecular complexity index is 775. The van der Waals surface area contributed by atoms with Gasteiger partial charge in [0.15, 0.2) is 5.82 Å². The smallest absolute Gasteiger partial charge is 0.338 e. The van der Waals surface area contributed by atoms with Gasteiger partial charge in [-0.25, -0.2) is 18.7 Å². The average molecular weight is 324 g/mol. The summed E-state index contributed by atoms with van der Waals surface area (Å²) in [7, 11) is 0. The van der Waals surface area contributed by atoms with Crippen molar-refractivity contribution in [2.45, 2.75) is 32.2 Å². The number of carboxylic acid groups (broad SMARTS) is 1. The van der Waals surface area contributed by atoms with Crippen molar-refractivity contribution in [1.82, 2.24) is 14.6 Å². The molecule has 0 unspecified atom stereocenters. The van der Waals surface area contributed by atoms with Crippen molar-refractivity contribution in [1.29, 1.82) is 0 Å². The van der Waals surface area contributed by atoms with Crippen molar-refractivity contribution in [2.24, 2.45) is 5.41 Å². The van der Waals surface area contributed by atoms with Gasteiger partial charge in [0.2, 0.25) is 0 Å². The van der Waals surface area contributed by atoms with Crippen LogP contribution in [-0.4, -0.2) is 49.7 Å². The van der Waals surface area contributed by atoms with Crippen LogP contribution in [-0.2, 0) is 4.74 Å². The van der Waals surface area contributed by atoms with E-state index in [0.717, 1.165) is 0 Å². The number of fused-ring (bicyclic) bond motifs is 1. The van der Waals surface area contributed by atoms with E-state index in [-0.39, 0.29) is 16.9 Å². The molecular formula is C14H17FN4O4. The first kappa shape index (κ1) is 15.6. The lowest BCUT2D eigenvalue weighted by atomic mass is 9.81. The minimum atomic E-state index is -1.41. The summed E-state index contributed by atoms with van der Waals surface area (Å²) in [5.74, 6) is -1.18. The lowest BCUT2D eigenvalue weighted by molar-refractivity contribution is -0.0142. The molecule has 1 fully saturated rings. The van der Waals surface area contributed by atoms with E-state index >= 15 is 0 Å². The van der Waals surface area contributed by atoms with Gasteiger partial charge >= 0.3 is 5.97 Å². The standard InChI is InChI=1S/C14H17FN4O4/c1-14(2)10(15)8(4-20)23-11(14)7-3-6(13(21)22)9-12(16)17-5-18-19(7)9/h3,5,8,10-11,20H,4H2,1-2H3,(H,21,22)(H2,16,17,18)/t8-,10-,11+/m1/s1. The maximum Gasteiger partial charge on any atom is 0.338 e. The molecule has 8 nitrogen and oxygen atoms in total. The number of aromatic nitrogens is 3. The number of anilines is 1. The number of nitrogens with two attached hydrogens (primary N) is 1. The van der Waals surface area contributed by atoms with E-state index in [1.807, 2.05) is 0 Å². The van der Waals surface area contributed by atoms with E-state index < -0.39 is 36.4 Å². The second-order valence-electron chi connectivity index (χ2n) is 6.15. The molecule has 0 bridgehead atoms. The SMILES string of the molecule is CC1(C)[C@H](F)[C@@H](CO)O[C@H]1c1cc(C(=O)O)c2c(N)ncnn12. The highest BCUT2D eigenvalue weighted by Gasteiger charge is 2.52. The molecular weight excluding hydrogens is 307 g/mol. The summed E-state index contributed by atoms with van der Waals surface area (Å²) in [6, 6.07) is 1.36. The largest absolute Gasteiger partial charge is 0.478 e. The predicted molar refractivity (Wildman–Crippen MR) is 77.7 cm³/mol. The minimum absolute atomic E-state index is 0.00922. The van der Waals surface area contributed by atoms with Gasteiger partial charge < -0.3 is 20.7 Å². The second-order valence-corrected chi connectivity index (χ2v) is 6.15. The molecule has 1 saturated heterocycles. The van der Waals surface area contributed by atoms with Crippen molar-refractivity contribution in [3.63, 3.8) is 0 Å².